The van der Waals surface area contributed by atoms with Crippen molar-refractivity contribution in [2.24, 2.45) is 11.1 Å². The van der Waals surface area contributed by atoms with E-state index in [4.69, 9.17) is 5.73 Å². The zero-order chi connectivity index (χ0) is 16.4. The van der Waals surface area contributed by atoms with Crippen LogP contribution in [0, 0.1) is 12.3 Å². The molecule has 1 atom stereocenters. The third kappa shape index (κ3) is 5.35. The molecule has 0 aliphatic carbocycles. The number of nitrogens with two attached hydrogens (primary N) is 1. The molecule has 7 heteroatoms. The van der Waals surface area contributed by atoms with Crippen molar-refractivity contribution in [1.82, 2.24) is 0 Å². The SMILES string of the molecule is Cc1cc(NC(=O)C(N)C(C)(C)C)ccc1NS(C)(=O)=O. The van der Waals surface area contributed by atoms with Crippen molar-refractivity contribution in [3.63, 3.8) is 0 Å². The molecular formula is C14H23N3O3S. The van der Waals surface area contributed by atoms with E-state index < -0.39 is 16.1 Å². The van der Waals surface area contributed by atoms with Crippen LogP contribution in [0.1, 0.15) is 26.3 Å². The number of amides is 1. The maximum Gasteiger partial charge on any atom is 0.241 e. The highest BCUT2D eigenvalue weighted by atomic mass is 32.2. The third-order valence-corrected chi connectivity index (χ3v) is 3.60. The number of aryl methyl sites for hydroxylation is 1. The Kier molecular flexibility index (Phi) is 5.01. The van der Waals surface area contributed by atoms with Crippen molar-refractivity contribution in [3.05, 3.63) is 23.8 Å². The van der Waals surface area contributed by atoms with Crippen LogP contribution in [-0.2, 0) is 14.8 Å². The Balaban J connectivity index is 2.88. The molecule has 0 saturated carbocycles. The minimum absolute atomic E-state index is 0.272. The lowest BCUT2D eigenvalue weighted by molar-refractivity contribution is -0.119. The fraction of sp³-hybridized carbons (Fsp3) is 0.500. The van der Waals surface area contributed by atoms with E-state index in [1.165, 1.54) is 0 Å². The number of carbonyl (C=O) groups is 1. The summed E-state index contributed by atoms with van der Waals surface area (Å²) in [5.41, 5.74) is 7.33. The molecule has 1 unspecified atom stereocenters. The highest BCUT2D eigenvalue weighted by Gasteiger charge is 2.27. The van der Waals surface area contributed by atoms with Crippen LogP contribution in [0.25, 0.3) is 0 Å². The van der Waals surface area contributed by atoms with E-state index >= 15 is 0 Å². The third-order valence-electron chi connectivity index (χ3n) is 3.00. The maximum atomic E-state index is 12.0. The van der Waals surface area contributed by atoms with Crippen LogP contribution >= 0.6 is 0 Å². The molecule has 1 aromatic carbocycles. The summed E-state index contributed by atoms with van der Waals surface area (Å²) in [7, 11) is -3.33. The normalized spacial score (nSPS) is 13.6. The van der Waals surface area contributed by atoms with Gasteiger partial charge in [0.25, 0.3) is 0 Å². The second-order valence-corrected chi connectivity index (χ2v) is 7.99. The minimum atomic E-state index is -3.33. The highest BCUT2D eigenvalue weighted by molar-refractivity contribution is 7.92. The van der Waals surface area contributed by atoms with Gasteiger partial charge >= 0.3 is 0 Å². The molecule has 6 nitrogen and oxygen atoms in total. The number of nitrogens with one attached hydrogen (secondary N) is 2. The van der Waals surface area contributed by atoms with E-state index in [-0.39, 0.29) is 11.3 Å². The molecule has 1 aromatic rings. The molecule has 0 heterocycles. The summed E-state index contributed by atoms with van der Waals surface area (Å²) in [6, 6.07) is 4.30. The number of anilines is 2. The minimum Gasteiger partial charge on any atom is -0.325 e. The topological polar surface area (TPSA) is 101 Å². The molecule has 0 aliphatic heterocycles. The van der Waals surface area contributed by atoms with Gasteiger partial charge in [-0.15, -0.1) is 0 Å². The summed E-state index contributed by atoms with van der Waals surface area (Å²) in [5.74, 6) is -0.272. The maximum absolute atomic E-state index is 12.0. The average Bonchev–Trinajstić information content (AvgIpc) is 2.29. The molecule has 118 valence electrons. The second kappa shape index (κ2) is 6.03. The summed E-state index contributed by atoms with van der Waals surface area (Å²) < 4.78 is 24.8. The Bertz CT molecular complexity index is 633. The first-order chi connectivity index (χ1) is 9.40. The van der Waals surface area contributed by atoms with Gasteiger partial charge in [0.05, 0.1) is 18.0 Å². The fourth-order valence-corrected chi connectivity index (χ4v) is 2.30. The summed E-state index contributed by atoms with van der Waals surface area (Å²) in [6.07, 6.45) is 1.09. The molecule has 0 saturated heterocycles. The van der Waals surface area contributed by atoms with Crippen LogP contribution in [0.3, 0.4) is 0 Å². The van der Waals surface area contributed by atoms with E-state index in [0.717, 1.165) is 6.26 Å². The number of carbonyl (C=O) groups excluding carboxylic acids is 1. The van der Waals surface area contributed by atoms with Gasteiger partial charge in [-0.3, -0.25) is 9.52 Å². The Labute approximate surface area is 126 Å². The first-order valence-electron chi connectivity index (χ1n) is 6.55. The molecule has 0 spiro atoms. The van der Waals surface area contributed by atoms with Gasteiger partial charge in [0.1, 0.15) is 0 Å². The summed E-state index contributed by atoms with van der Waals surface area (Å²) in [5, 5.41) is 2.74. The van der Waals surface area contributed by atoms with Crippen molar-refractivity contribution in [2.75, 3.05) is 16.3 Å². The largest absolute Gasteiger partial charge is 0.325 e. The monoisotopic (exact) mass is 313 g/mol. The van der Waals surface area contributed by atoms with Crippen molar-refractivity contribution >= 4 is 27.3 Å². The van der Waals surface area contributed by atoms with E-state index in [1.54, 1.807) is 25.1 Å². The van der Waals surface area contributed by atoms with Crippen molar-refractivity contribution < 1.29 is 13.2 Å². The standard InChI is InChI=1S/C14H23N3O3S/c1-9-8-10(6-7-11(9)17-21(5,19)20)16-13(18)12(15)14(2,3)4/h6-8,12,17H,15H2,1-5H3,(H,16,18). The Morgan fingerprint density at radius 1 is 1.29 bits per heavy atom. The van der Waals surface area contributed by atoms with Crippen LogP contribution in [0.15, 0.2) is 18.2 Å². The first kappa shape index (κ1) is 17.5. The first-order valence-corrected chi connectivity index (χ1v) is 8.44. The molecule has 1 rings (SSSR count). The van der Waals surface area contributed by atoms with Gasteiger partial charge in [-0.1, -0.05) is 20.8 Å². The van der Waals surface area contributed by atoms with Crippen LogP contribution in [0.2, 0.25) is 0 Å². The van der Waals surface area contributed by atoms with Crippen molar-refractivity contribution in [3.8, 4) is 0 Å². The van der Waals surface area contributed by atoms with Gasteiger partial charge in [0, 0.05) is 5.69 Å². The molecule has 0 aliphatic rings. The zero-order valence-electron chi connectivity index (χ0n) is 13.0. The van der Waals surface area contributed by atoms with Gasteiger partial charge in [0.15, 0.2) is 0 Å². The molecule has 0 fully saturated rings. The predicted molar refractivity (Wildman–Crippen MR) is 85.7 cm³/mol. The zero-order valence-corrected chi connectivity index (χ0v) is 13.8. The number of hydrogen-bond acceptors (Lipinski definition) is 4. The smallest absolute Gasteiger partial charge is 0.241 e. The summed E-state index contributed by atoms with van der Waals surface area (Å²) in [4.78, 5) is 12.0. The summed E-state index contributed by atoms with van der Waals surface area (Å²) >= 11 is 0. The van der Waals surface area contributed by atoms with E-state index in [0.29, 0.717) is 16.9 Å². The molecule has 0 aromatic heterocycles. The van der Waals surface area contributed by atoms with Gasteiger partial charge in [0.2, 0.25) is 15.9 Å². The molecule has 0 bridgehead atoms. The highest BCUT2D eigenvalue weighted by Crippen LogP contribution is 2.22. The second-order valence-electron chi connectivity index (χ2n) is 6.24. The van der Waals surface area contributed by atoms with Crippen LogP contribution < -0.4 is 15.8 Å². The Morgan fingerprint density at radius 2 is 1.86 bits per heavy atom. The van der Waals surface area contributed by atoms with E-state index in [2.05, 4.69) is 10.0 Å². The average molecular weight is 313 g/mol. The fourth-order valence-electron chi connectivity index (χ4n) is 1.67. The molecule has 1 amide bonds. The van der Waals surface area contributed by atoms with Crippen LogP contribution in [0.5, 0.6) is 0 Å². The molecule has 21 heavy (non-hydrogen) atoms. The van der Waals surface area contributed by atoms with Crippen molar-refractivity contribution in [2.45, 2.75) is 33.7 Å². The van der Waals surface area contributed by atoms with Gasteiger partial charge in [-0.25, -0.2) is 8.42 Å². The van der Waals surface area contributed by atoms with Gasteiger partial charge in [-0.2, -0.15) is 0 Å². The lowest BCUT2D eigenvalue weighted by Gasteiger charge is -2.26. The number of benzene rings is 1. The molecule has 4 N–H and O–H groups in total. The summed E-state index contributed by atoms with van der Waals surface area (Å²) in [6.45, 7) is 7.43. The number of rotatable bonds is 4. The quantitative estimate of drug-likeness (QED) is 0.787. The number of sulfonamides is 1. The predicted octanol–water partition coefficient (Wildman–Crippen LogP) is 1.68. The van der Waals surface area contributed by atoms with E-state index in [1.807, 2.05) is 20.8 Å². The van der Waals surface area contributed by atoms with Gasteiger partial charge < -0.3 is 11.1 Å². The van der Waals surface area contributed by atoms with Crippen LogP contribution in [0.4, 0.5) is 11.4 Å². The number of hydrogen-bond donors (Lipinski definition) is 3. The Morgan fingerprint density at radius 3 is 2.29 bits per heavy atom. The van der Waals surface area contributed by atoms with Crippen molar-refractivity contribution in [1.29, 1.82) is 0 Å². The van der Waals surface area contributed by atoms with Crippen LogP contribution in [-0.4, -0.2) is 26.6 Å². The lowest BCUT2D eigenvalue weighted by atomic mass is 9.87. The molecule has 0 radical (unpaired) electrons. The molecular weight excluding hydrogens is 290 g/mol. The lowest BCUT2D eigenvalue weighted by Crippen LogP contribution is -2.45. The Hall–Kier alpha value is -1.60. The van der Waals surface area contributed by atoms with E-state index in [9.17, 15) is 13.2 Å². The van der Waals surface area contributed by atoms with Gasteiger partial charge in [-0.05, 0) is 36.1 Å².